The monoisotopic (exact) mass is 502 g/mol. The molecule has 28 heavy (non-hydrogen) atoms. The lowest BCUT2D eigenvalue weighted by molar-refractivity contribution is 0.122. The van der Waals surface area contributed by atoms with Crippen molar-refractivity contribution < 1.29 is 9.13 Å². The molecule has 156 valence electrons. The van der Waals surface area contributed by atoms with Crippen molar-refractivity contribution in [3.8, 4) is 0 Å². The van der Waals surface area contributed by atoms with Crippen LogP contribution >= 0.6 is 24.0 Å². The summed E-state index contributed by atoms with van der Waals surface area (Å²) in [7, 11) is 1.76. The molecule has 3 rings (SSSR count). The third kappa shape index (κ3) is 6.92. The van der Waals surface area contributed by atoms with E-state index >= 15 is 0 Å². The molecule has 5 nitrogen and oxygen atoms in total. The number of allylic oxidation sites excluding steroid dienone is 1. The van der Waals surface area contributed by atoms with Crippen LogP contribution in [0.15, 0.2) is 34.8 Å². The van der Waals surface area contributed by atoms with Crippen molar-refractivity contribution in [3.05, 3.63) is 41.2 Å². The standard InChI is InChI=1S/C21H31FN4O.HI/c1-23-21(24-10-9-17-5-3-2-4-6-17)25-16-18-7-8-20(19(22)15-18)26-11-13-27-14-12-26;/h5,7-8,15H,2-4,6,9-14,16H2,1H3,(H2,23,24,25);1H. The lowest BCUT2D eigenvalue weighted by Gasteiger charge is -2.29. The summed E-state index contributed by atoms with van der Waals surface area (Å²) in [6, 6.07) is 5.45. The summed E-state index contributed by atoms with van der Waals surface area (Å²) >= 11 is 0. The van der Waals surface area contributed by atoms with E-state index in [1.54, 1.807) is 18.7 Å². The first-order chi connectivity index (χ1) is 13.3. The van der Waals surface area contributed by atoms with Crippen LogP contribution in [0.25, 0.3) is 0 Å². The molecule has 0 aromatic heterocycles. The number of guanidine groups is 1. The number of nitrogens with one attached hydrogen (secondary N) is 2. The molecule has 1 aliphatic heterocycles. The summed E-state index contributed by atoms with van der Waals surface area (Å²) in [6.07, 6.45) is 8.51. The number of aliphatic imine (C=N–C) groups is 1. The molecule has 2 N–H and O–H groups in total. The maximum Gasteiger partial charge on any atom is 0.191 e. The minimum atomic E-state index is -0.177. The van der Waals surface area contributed by atoms with Crippen LogP contribution in [0.2, 0.25) is 0 Å². The average Bonchev–Trinajstić information content (AvgIpc) is 2.72. The Morgan fingerprint density at radius 3 is 2.71 bits per heavy atom. The third-order valence-electron chi connectivity index (χ3n) is 5.17. The van der Waals surface area contributed by atoms with Gasteiger partial charge in [-0.25, -0.2) is 4.39 Å². The van der Waals surface area contributed by atoms with Crippen LogP contribution < -0.4 is 15.5 Å². The van der Waals surface area contributed by atoms with Gasteiger partial charge in [0.05, 0.1) is 18.9 Å². The first-order valence-corrected chi connectivity index (χ1v) is 10.00. The Hall–Kier alpha value is -1.35. The summed E-state index contributed by atoms with van der Waals surface area (Å²) in [5, 5.41) is 6.62. The molecule has 7 heteroatoms. The highest BCUT2D eigenvalue weighted by atomic mass is 127. The van der Waals surface area contributed by atoms with Gasteiger partial charge in [0.15, 0.2) is 5.96 Å². The number of rotatable bonds is 6. The van der Waals surface area contributed by atoms with Gasteiger partial charge in [0.25, 0.3) is 0 Å². The van der Waals surface area contributed by atoms with Gasteiger partial charge in [-0.3, -0.25) is 4.99 Å². The molecule has 0 unspecified atom stereocenters. The smallest absolute Gasteiger partial charge is 0.191 e. The average molecular weight is 502 g/mol. The van der Waals surface area contributed by atoms with Crippen molar-refractivity contribution in [1.82, 2.24) is 10.6 Å². The number of morpholine rings is 1. The molecule has 1 aromatic rings. The van der Waals surface area contributed by atoms with Crippen LogP contribution in [-0.4, -0.2) is 45.9 Å². The summed E-state index contributed by atoms with van der Waals surface area (Å²) in [5.74, 6) is 0.576. The summed E-state index contributed by atoms with van der Waals surface area (Å²) in [4.78, 5) is 6.30. The van der Waals surface area contributed by atoms with Gasteiger partial charge in [0.2, 0.25) is 0 Å². The largest absolute Gasteiger partial charge is 0.378 e. The van der Waals surface area contributed by atoms with E-state index in [0.29, 0.717) is 25.4 Å². The molecule has 0 radical (unpaired) electrons. The minimum absolute atomic E-state index is 0. The van der Waals surface area contributed by atoms with Crippen LogP contribution in [-0.2, 0) is 11.3 Å². The zero-order valence-corrected chi connectivity index (χ0v) is 19.0. The van der Waals surface area contributed by atoms with Gasteiger partial charge in [-0.2, -0.15) is 0 Å². The van der Waals surface area contributed by atoms with E-state index < -0.39 is 0 Å². The topological polar surface area (TPSA) is 48.9 Å². The molecule has 1 heterocycles. The Bertz CT molecular complexity index is 674. The summed E-state index contributed by atoms with van der Waals surface area (Å²) in [6.45, 7) is 4.20. The zero-order valence-electron chi connectivity index (χ0n) is 16.7. The highest BCUT2D eigenvalue weighted by molar-refractivity contribution is 14.0. The second-order valence-electron chi connectivity index (χ2n) is 7.10. The SMILES string of the molecule is CN=C(NCCC1=CCCCC1)NCc1ccc(N2CCOCC2)c(F)c1.I. The minimum Gasteiger partial charge on any atom is -0.378 e. The Labute approximate surface area is 184 Å². The molecule has 0 atom stereocenters. The number of ether oxygens (including phenoxy) is 1. The van der Waals surface area contributed by atoms with Gasteiger partial charge < -0.3 is 20.3 Å². The number of halogens is 2. The Balaban J connectivity index is 0.00000280. The van der Waals surface area contributed by atoms with E-state index in [2.05, 4.69) is 21.7 Å². The molecule has 1 aliphatic carbocycles. The van der Waals surface area contributed by atoms with Crippen molar-refractivity contribution in [2.24, 2.45) is 4.99 Å². The van der Waals surface area contributed by atoms with Crippen LogP contribution in [0, 0.1) is 5.82 Å². The molecular weight excluding hydrogens is 470 g/mol. The second kappa shape index (κ2) is 12.3. The molecular formula is C21H32FIN4O. The molecule has 0 saturated carbocycles. The highest BCUT2D eigenvalue weighted by Crippen LogP contribution is 2.22. The van der Waals surface area contributed by atoms with Gasteiger partial charge in [0.1, 0.15) is 5.82 Å². The van der Waals surface area contributed by atoms with E-state index in [9.17, 15) is 4.39 Å². The number of anilines is 1. The molecule has 0 bridgehead atoms. The maximum absolute atomic E-state index is 14.5. The fourth-order valence-corrected chi connectivity index (χ4v) is 3.60. The number of nitrogens with zero attached hydrogens (tertiary/aromatic N) is 2. The molecule has 1 aromatic carbocycles. The van der Waals surface area contributed by atoms with Crippen LogP contribution in [0.3, 0.4) is 0 Å². The van der Waals surface area contributed by atoms with E-state index in [4.69, 9.17) is 4.74 Å². The van der Waals surface area contributed by atoms with E-state index in [1.165, 1.54) is 25.7 Å². The van der Waals surface area contributed by atoms with E-state index in [1.807, 2.05) is 17.0 Å². The Morgan fingerprint density at radius 2 is 2.04 bits per heavy atom. The zero-order chi connectivity index (χ0) is 18.9. The van der Waals surface area contributed by atoms with Crippen molar-refractivity contribution >= 4 is 35.6 Å². The summed E-state index contributed by atoms with van der Waals surface area (Å²) in [5.41, 5.74) is 3.11. The Morgan fingerprint density at radius 1 is 1.21 bits per heavy atom. The number of benzene rings is 1. The van der Waals surface area contributed by atoms with Gasteiger partial charge in [0, 0.05) is 33.2 Å². The quantitative estimate of drug-likeness (QED) is 0.269. The normalized spacial score (nSPS) is 17.6. The van der Waals surface area contributed by atoms with Crippen LogP contribution in [0.5, 0.6) is 0 Å². The fraction of sp³-hybridized carbons (Fsp3) is 0.571. The van der Waals surface area contributed by atoms with Gasteiger partial charge in [-0.15, -0.1) is 24.0 Å². The van der Waals surface area contributed by atoms with Crippen LogP contribution in [0.4, 0.5) is 10.1 Å². The Kier molecular flexibility index (Phi) is 10.0. The first-order valence-electron chi connectivity index (χ1n) is 10.00. The molecule has 2 aliphatic rings. The van der Waals surface area contributed by atoms with E-state index in [-0.39, 0.29) is 29.8 Å². The van der Waals surface area contributed by atoms with E-state index in [0.717, 1.165) is 37.6 Å². The third-order valence-corrected chi connectivity index (χ3v) is 5.17. The van der Waals surface area contributed by atoms with Crippen molar-refractivity contribution in [2.45, 2.75) is 38.6 Å². The van der Waals surface area contributed by atoms with Crippen molar-refractivity contribution in [2.75, 3.05) is 44.8 Å². The van der Waals surface area contributed by atoms with Crippen molar-refractivity contribution in [1.29, 1.82) is 0 Å². The molecule has 0 amide bonds. The maximum atomic E-state index is 14.5. The predicted octanol–water partition coefficient (Wildman–Crippen LogP) is 3.84. The second-order valence-corrected chi connectivity index (χ2v) is 7.10. The first kappa shape index (κ1) is 22.9. The summed E-state index contributed by atoms with van der Waals surface area (Å²) < 4.78 is 19.8. The molecule has 0 spiro atoms. The van der Waals surface area contributed by atoms with Gasteiger partial charge >= 0.3 is 0 Å². The van der Waals surface area contributed by atoms with Gasteiger partial charge in [-0.1, -0.05) is 17.7 Å². The number of hydrogen-bond donors (Lipinski definition) is 2. The molecule has 1 saturated heterocycles. The lowest BCUT2D eigenvalue weighted by atomic mass is 9.97. The molecule has 1 fully saturated rings. The van der Waals surface area contributed by atoms with Crippen molar-refractivity contribution in [3.63, 3.8) is 0 Å². The number of hydrogen-bond acceptors (Lipinski definition) is 3. The highest BCUT2D eigenvalue weighted by Gasteiger charge is 2.15. The predicted molar refractivity (Wildman–Crippen MR) is 124 cm³/mol. The fourth-order valence-electron chi connectivity index (χ4n) is 3.60. The van der Waals surface area contributed by atoms with Crippen LogP contribution in [0.1, 0.15) is 37.7 Å². The lowest BCUT2D eigenvalue weighted by Crippen LogP contribution is -2.37. The van der Waals surface area contributed by atoms with Gasteiger partial charge in [-0.05, 0) is 49.8 Å².